The maximum Gasteiger partial charge on any atom is 0.180 e. The SMILES string of the molecule is CCCCCCCCCC[C@H](Br)C(=O)c1cc(C)ccc1O. The molecule has 0 bridgehead atoms. The highest BCUT2D eigenvalue weighted by atomic mass is 79.9. The van der Waals surface area contributed by atoms with E-state index in [1.54, 1.807) is 12.1 Å². The first kappa shape index (κ1) is 19.2. The summed E-state index contributed by atoms with van der Waals surface area (Å²) in [5.41, 5.74) is 1.43. The molecule has 0 amide bonds. The minimum atomic E-state index is -0.194. The molecular weight excluding hydrogens is 340 g/mol. The summed E-state index contributed by atoms with van der Waals surface area (Å²) in [6, 6.07) is 5.17. The number of hydrogen-bond donors (Lipinski definition) is 1. The lowest BCUT2D eigenvalue weighted by Gasteiger charge is -2.11. The smallest absolute Gasteiger partial charge is 0.180 e. The van der Waals surface area contributed by atoms with Gasteiger partial charge < -0.3 is 5.11 Å². The summed E-state index contributed by atoms with van der Waals surface area (Å²) < 4.78 is 0. The molecule has 1 aromatic rings. The molecule has 0 saturated heterocycles. The Morgan fingerprint density at radius 1 is 1.09 bits per heavy atom. The van der Waals surface area contributed by atoms with Gasteiger partial charge in [-0.25, -0.2) is 0 Å². The highest BCUT2D eigenvalue weighted by Crippen LogP contribution is 2.24. The predicted molar refractivity (Wildman–Crippen MR) is 97.1 cm³/mol. The average Bonchev–Trinajstić information content (AvgIpc) is 2.51. The van der Waals surface area contributed by atoms with Gasteiger partial charge in [0.15, 0.2) is 5.78 Å². The third kappa shape index (κ3) is 6.95. The molecule has 1 aromatic carbocycles. The third-order valence-corrected chi connectivity index (χ3v) is 4.89. The molecule has 0 radical (unpaired) electrons. The molecule has 0 spiro atoms. The fourth-order valence-corrected chi connectivity index (χ4v) is 3.17. The molecule has 124 valence electrons. The van der Waals surface area contributed by atoms with E-state index in [-0.39, 0.29) is 16.4 Å². The number of aryl methyl sites for hydroxylation is 1. The number of ketones is 1. The van der Waals surface area contributed by atoms with Crippen molar-refractivity contribution in [2.75, 3.05) is 0 Å². The number of alkyl halides is 1. The molecular formula is C19H29BrO2. The highest BCUT2D eigenvalue weighted by molar-refractivity contribution is 9.10. The molecule has 0 heterocycles. The van der Waals surface area contributed by atoms with E-state index in [4.69, 9.17) is 0 Å². The van der Waals surface area contributed by atoms with Crippen molar-refractivity contribution in [3.63, 3.8) is 0 Å². The monoisotopic (exact) mass is 368 g/mol. The van der Waals surface area contributed by atoms with Gasteiger partial charge in [-0.3, -0.25) is 4.79 Å². The number of aromatic hydroxyl groups is 1. The van der Waals surface area contributed by atoms with Crippen molar-refractivity contribution in [1.82, 2.24) is 0 Å². The van der Waals surface area contributed by atoms with Crippen LogP contribution in [0.5, 0.6) is 5.75 Å². The Hall–Kier alpha value is -0.830. The maximum atomic E-state index is 12.3. The Balaban J connectivity index is 2.26. The maximum absolute atomic E-state index is 12.3. The van der Waals surface area contributed by atoms with E-state index in [2.05, 4.69) is 22.9 Å². The first-order valence-corrected chi connectivity index (χ1v) is 9.45. The number of rotatable bonds is 11. The summed E-state index contributed by atoms with van der Waals surface area (Å²) in [7, 11) is 0. The fourth-order valence-electron chi connectivity index (χ4n) is 2.60. The number of unbranched alkanes of at least 4 members (excludes halogenated alkanes) is 7. The van der Waals surface area contributed by atoms with Gasteiger partial charge in [-0.05, 0) is 25.5 Å². The molecule has 22 heavy (non-hydrogen) atoms. The molecule has 0 aliphatic heterocycles. The zero-order valence-electron chi connectivity index (χ0n) is 13.9. The van der Waals surface area contributed by atoms with E-state index >= 15 is 0 Å². The second-order valence-corrected chi connectivity index (χ2v) is 7.22. The molecule has 0 aromatic heterocycles. The van der Waals surface area contributed by atoms with E-state index in [0.717, 1.165) is 18.4 Å². The van der Waals surface area contributed by atoms with Crippen LogP contribution in [0.25, 0.3) is 0 Å². The van der Waals surface area contributed by atoms with E-state index in [1.807, 2.05) is 13.0 Å². The summed E-state index contributed by atoms with van der Waals surface area (Å²) in [5, 5.41) is 9.82. The van der Waals surface area contributed by atoms with E-state index in [1.165, 1.54) is 44.9 Å². The first-order chi connectivity index (χ1) is 10.6. The quantitative estimate of drug-likeness (QED) is 0.287. The molecule has 0 saturated carbocycles. The molecule has 3 heteroatoms. The van der Waals surface area contributed by atoms with Crippen LogP contribution in [-0.4, -0.2) is 15.7 Å². The number of carbonyl (C=O) groups is 1. The van der Waals surface area contributed by atoms with Crippen LogP contribution in [0.2, 0.25) is 0 Å². The van der Waals surface area contributed by atoms with Gasteiger partial charge >= 0.3 is 0 Å². The number of benzene rings is 1. The lowest BCUT2D eigenvalue weighted by atomic mass is 10.0. The number of Topliss-reactive ketones (excluding diaryl/α,β-unsaturated/α-hetero) is 1. The Morgan fingerprint density at radius 3 is 2.32 bits per heavy atom. The van der Waals surface area contributed by atoms with Gasteiger partial charge in [0.25, 0.3) is 0 Å². The number of phenols is 1. The van der Waals surface area contributed by atoms with Gasteiger partial charge in [-0.15, -0.1) is 0 Å². The van der Waals surface area contributed by atoms with Crippen molar-refractivity contribution in [2.24, 2.45) is 0 Å². The van der Waals surface area contributed by atoms with Crippen molar-refractivity contribution in [3.8, 4) is 5.75 Å². The van der Waals surface area contributed by atoms with Crippen molar-refractivity contribution in [3.05, 3.63) is 29.3 Å². The zero-order chi connectivity index (χ0) is 16.4. The minimum absolute atomic E-state index is 0.0101. The van der Waals surface area contributed by atoms with Gasteiger partial charge in [0.1, 0.15) is 5.75 Å². The van der Waals surface area contributed by atoms with Crippen LogP contribution in [0.15, 0.2) is 18.2 Å². The molecule has 1 N–H and O–H groups in total. The number of hydrogen-bond acceptors (Lipinski definition) is 2. The number of carbonyl (C=O) groups excluding carboxylic acids is 1. The lowest BCUT2D eigenvalue weighted by Crippen LogP contribution is -2.14. The molecule has 1 atom stereocenters. The highest BCUT2D eigenvalue weighted by Gasteiger charge is 2.19. The van der Waals surface area contributed by atoms with Gasteiger partial charge in [0, 0.05) is 0 Å². The van der Waals surface area contributed by atoms with Gasteiger partial charge in [-0.2, -0.15) is 0 Å². The fraction of sp³-hybridized carbons (Fsp3) is 0.632. The van der Waals surface area contributed by atoms with Gasteiger partial charge in [0.2, 0.25) is 0 Å². The van der Waals surface area contributed by atoms with Crippen molar-refractivity contribution < 1.29 is 9.90 Å². The predicted octanol–water partition coefficient (Wildman–Crippen LogP) is 6.18. The molecule has 0 aliphatic rings. The van der Waals surface area contributed by atoms with Crippen LogP contribution in [0.4, 0.5) is 0 Å². The van der Waals surface area contributed by atoms with Crippen LogP contribution in [0.3, 0.4) is 0 Å². The van der Waals surface area contributed by atoms with Gasteiger partial charge in [-0.1, -0.05) is 85.9 Å². The Morgan fingerprint density at radius 2 is 1.68 bits per heavy atom. The second-order valence-electron chi connectivity index (χ2n) is 6.12. The topological polar surface area (TPSA) is 37.3 Å². The Labute approximate surface area is 143 Å². The standard InChI is InChI=1S/C19H29BrO2/c1-3-4-5-6-7-8-9-10-11-17(20)19(22)16-14-15(2)12-13-18(16)21/h12-14,17,21H,3-11H2,1-2H3/t17-/m0/s1. The lowest BCUT2D eigenvalue weighted by molar-refractivity contribution is 0.0985. The average molecular weight is 369 g/mol. The molecule has 0 aliphatic carbocycles. The first-order valence-electron chi connectivity index (χ1n) is 8.54. The molecule has 0 unspecified atom stereocenters. The van der Waals surface area contributed by atoms with E-state index in [9.17, 15) is 9.90 Å². The molecule has 0 fully saturated rings. The summed E-state index contributed by atoms with van der Waals surface area (Å²) in [4.78, 5) is 12.2. The number of halogens is 1. The van der Waals surface area contributed by atoms with Crippen molar-refractivity contribution >= 4 is 21.7 Å². The van der Waals surface area contributed by atoms with E-state index < -0.39 is 0 Å². The minimum Gasteiger partial charge on any atom is -0.507 e. The normalized spacial score (nSPS) is 12.3. The summed E-state index contributed by atoms with van der Waals surface area (Å²) in [5.74, 6) is 0.0696. The van der Waals surface area contributed by atoms with Gasteiger partial charge in [0.05, 0.1) is 10.4 Å². The van der Waals surface area contributed by atoms with Crippen LogP contribution >= 0.6 is 15.9 Å². The zero-order valence-corrected chi connectivity index (χ0v) is 15.5. The largest absolute Gasteiger partial charge is 0.507 e. The van der Waals surface area contributed by atoms with Crippen molar-refractivity contribution in [1.29, 1.82) is 0 Å². The second kappa shape index (κ2) is 10.8. The van der Waals surface area contributed by atoms with Crippen molar-refractivity contribution in [2.45, 2.75) is 76.5 Å². The van der Waals surface area contributed by atoms with Crippen LogP contribution < -0.4 is 0 Å². The third-order valence-electron chi connectivity index (χ3n) is 4.01. The van der Waals surface area contributed by atoms with E-state index in [0.29, 0.717) is 5.56 Å². The summed E-state index contributed by atoms with van der Waals surface area (Å²) in [6.45, 7) is 4.16. The summed E-state index contributed by atoms with van der Waals surface area (Å²) >= 11 is 3.48. The number of phenolic OH excluding ortho intramolecular Hbond substituents is 1. The Bertz CT molecular complexity index is 457. The Kier molecular flexibility index (Phi) is 9.45. The molecule has 2 nitrogen and oxygen atoms in total. The summed E-state index contributed by atoms with van der Waals surface area (Å²) in [6.07, 6.45) is 11.0. The van der Waals surface area contributed by atoms with Crippen LogP contribution in [0, 0.1) is 6.92 Å². The van der Waals surface area contributed by atoms with Crippen LogP contribution in [0.1, 0.15) is 80.6 Å². The van der Waals surface area contributed by atoms with Crippen LogP contribution in [-0.2, 0) is 0 Å². The molecule has 1 rings (SSSR count).